The molecule has 0 aliphatic rings. The highest BCUT2D eigenvalue weighted by Crippen LogP contribution is 2.30. The van der Waals surface area contributed by atoms with E-state index >= 15 is 0 Å². The third-order valence-electron chi connectivity index (χ3n) is 3.50. The lowest BCUT2D eigenvalue weighted by Gasteiger charge is -2.30. The van der Waals surface area contributed by atoms with Gasteiger partial charge in [-0.15, -0.1) is 10.2 Å². The Bertz CT molecular complexity index is 917. The lowest BCUT2D eigenvalue weighted by molar-refractivity contribution is -0.117. The Labute approximate surface area is 182 Å². The Morgan fingerprint density at radius 3 is 2.43 bits per heavy atom. The molecule has 154 valence electrons. The maximum absolute atomic E-state index is 12.8. The average Bonchev–Trinajstić information content (AvgIpc) is 3.02. The van der Waals surface area contributed by atoms with Gasteiger partial charge in [0.25, 0.3) is 0 Å². The number of sulfonamides is 1. The largest absolute Gasteiger partial charge is 0.299 e. The van der Waals surface area contributed by atoms with Gasteiger partial charge in [0.05, 0.1) is 11.9 Å². The summed E-state index contributed by atoms with van der Waals surface area (Å²) in [5.41, 5.74) is 0.221. The van der Waals surface area contributed by atoms with Crippen LogP contribution in [0.2, 0.25) is 10.0 Å². The summed E-state index contributed by atoms with van der Waals surface area (Å²) in [6, 6.07) is 3.40. The van der Waals surface area contributed by atoms with Crippen LogP contribution >= 0.6 is 46.3 Å². The van der Waals surface area contributed by atoms with Crippen molar-refractivity contribution in [1.82, 2.24) is 10.2 Å². The van der Waals surface area contributed by atoms with Crippen molar-refractivity contribution in [2.45, 2.75) is 37.1 Å². The molecule has 1 unspecified atom stereocenters. The molecule has 2 aromatic rings. The van der Waals surface area contributed by atoms with Crippen molar-refractivity contribution in [2.24, 2.45) is 0 Å². The number of rotatable bonds is 9. The maximum Gasteiger partial charge on any atom is 0.250 e. The maximum atomic E-state index is 12.8. The Morgan fingerprint density at radius 2 is 1.89 bits per heavy atom. The number of anilines is 2. The highest BCUT2D eigenvalue weighted by atomic mass is 35.5. The standard InChI is InChI=1S/C16H20Cl2N4O3S3/c1-4-6-26-16-21-20-15(27-16)19-14(23)13(5-2)22(28(3,24)25)12-8-10(17)7-11(18)9-12/h7-9,13H,4-6H2,1-3H3,(H,19,20,23). The molecule has 1 amide bonds. The van der Waals surface area contributed by atoms with E-state index in [0.717, 1.165) is 27.1 Å². The van der Waals surface area contributed by atoms with E-state index < -0.39 is 22.0 Å². The minimum Gasteiger partial charge on any atom is -0.299 e. The van der Waals surface area contributed by atoms with Gasteiger partial charge < -0.3 is 0 Å². The highest BCUT2D eigenvalue weighted by Gasteiger charge is 2.32. The SMILES string of the molecule is CCCSc1nnc(NC(=O)C(CC)N(c2cc(Cl)cc(Cl)c2)S(C)(=O)=O)s1. The van der Waals surface area contributed by atoms with Crippen LogP contribution in [0.5, 0.6) is 0 Å². The van der Waals surface area contributed by atoms with Crippen molar-refractivity contribution in [1.29, 1.82) is 0 Å². The first kappa shape index (κ1) is 23.2. The quantitative estimate of drug-likeness (QED) is 0.416. The molecule has 1 heterocycles. The van der Waals surface area contributed by atoms with Gasteiger partial charge in [-0.05, 0) is 31.0 Å². The Balaban J connectivity index is 2.30. The van der Waals surface area contributed by atoms with Crippen LogP contribution in [-0.2, 0) is 14.8 Å². The van der Waals surface area contributed by atoms with Gasteiger partial charge in [-0.1, -0.05) is 60.1 Å². The lowest BCUT2D eigenvalue weighted by Crippen LogP contribution is -2.47. The third kappa shape index (κ3) is 6.21. The van der Waals surface area contributed by atoms with Crippen LogP contribution in [0.15, 0.2) is 22.5 Å². The van der Waals surface area contributed by atoms with E-state index in [4.69, 9.17) is 23.2 Å². The molecule has 0 fully saturated rings. The van der Waals surface area contributed by atoms with Gasteiger partial charge in [-0.2, -0.15) is 0 Å². The Hall–Kier alpha value is -1.07. The fourth-order valence-corrected chi connectivity index (χ4v) is 5.81. The molecule has 1 atom stereocenters. The zero-order valence-electron chi connectivity index (χ0n) is 15.5. The zero-order valence-corrected chi connectivity index (χ0v) is 19.4. The number of nitrogens with zero attached hydrogens (tertiary/aromatic N) is 3. The van der Waals surface area contributed by atoms with Crippen molar-refractivity contribution in [3.63, 3.8) is 0 Å². The Kier molecular flexibility index (Phi) is 8.38. The van der Waals surface area contributed by atoms with Crippen molar-refractivity contribution in [2.75, 3.05) is 21.6 Å². The molecule has 0 saturated carbocycles. The zero-order chi connectivity index (χ0) is 20.9. The van der Waals surface area contributed by atoms with Crippen LogP contribution in [0.3, 0.4) is 0 Å². The van der Waals surface area contributed by atoms with Crippen molar-refractivity contribution >= 4 is 73.0 Å². The second kappa shape index (κ2) is 10.1. The molecule has 1 N–H and O–H groups in total. The van der Waals surface area contributed by atoms with E-state index in [1.54, 1.807) is 18.7 Å². The van der Waals surface area contributed by atoms with Gasteiger partial charge in [0.2, 0.25) is 21.1 Å². The summed E-state index contributed by atoms with van der Waals surface area (Å²) < 4.78 is 26.7. The summed E-state index contributed by atoms with van der Waals surface area (Å²) in [7, 11) is -3.79. The van der Waals surface area contributed by atoms with Crippen LogP contribution in [0.4, 0.5) is 10.8 Å². The normalized spacial score (nSPS) is 12.6. The van der Waals surface area contributed by atoms with Gasteiger partial charge in [0.1, 0.15) is 6.04 Å². The van der Waals surface area contributed by atoms with E-state index in [2.05, 4.69) is 22.4 Å². The van der Waals surface area contributed by atoms with Crippen LogP contribution in [0.25, 0.3) is 0 Å². The highest BCUT2D eigenvalue weighted by molar-refractivity contribution is 8.01. The average molecular weight is 483 g/mol. The first-order valence-electron chi connectivity index (χ1n) is 8.38. The molecule has 0 aliphatic heterocycles. The molecule has 1 aromatic carbocycles. The smallest absolute Gasteiger partial charge is 0.250 e. The number of carbonyl (C=O) groups excluding carboxylic acids is 1. The first-order chi connectivity index (χ1) is 13.2. The molecule has 28 heavy (non-hydrogen) atoms. The van der Waals surface area contributed by atoms with E-state index in [0.29, 0.717) is 5.13 Å². The molecule has 1 aromatic heterocycles. The number of nitrogens with one attached hydrogen (secondary N) is 1. The fourth-order valence-electron chi connectivity index (χ4n) is 2.42. The van der Waals surface area contributed by atoms with E-state index in [1.807, 2.05) is 0 Å². The van der Waals surface area contributed by atoms with Crippen molar-refractivity contribution in [3.8, 4) is 0 Å². The van der Waals surface area contributed by atoms with Crippen LogP contribution in [0.1, 0.15) is 26.7 Å². The summed E-state index contributed by atoms with van der Waals surface area (Å²) in [5.74, 6) is 0.393. The predicted octanol–water partition coefficient (Wildman–Crippen LogP) is 4.53. The number of benzene rings is 1. The summed E-state index contributed by atoms with van der Waals surface area (Å²) in [6.07, 6.45) is 2.26. The summed E-state index contributed by atoms with van der Waals surface area (Å²) in [4.78, 5) is 12.8. The monoisotopic (exact) mass is 482 g/mol. The van der Waals surface area contributed by atoms with Gasteiger partial charge >= 0.3 is 0 Å². The second-order valence-corrected chi connectivity index (χ2v) is 10.9. The number of carbonyl (C=O) groups is 1. The van der Waals surface area contributed by atoms with Crippen molar-refractivity contribution in [3.05, 3.63) is 28.2 Å². The van der Waals surface area contributed by atoms with Crippen molar-refractivity contribution < 1.29 is 13.2 Å². The third-order valence-corrected chi connectivity index (χ3v) is 7.29. The van der Waals surface area contributed by atoms with Gasteiger partial charge in [-0.25, -0.2) is 8.42 Å². The number of thioether (sulfide) groups is 1. The van der Waals surface area contributed by atoms with E-state index in [9.17, 15) is 13.2 Å². The molecular weight excluding hydrogens is 463 g/mol. The summed E-state index contributed by atoms with van der Waals surface area (Å²) >= 11 is 14.8. The number of aromatic nitrogens is 2. The Morgan fingerprint density at radius 1 is 1.25 bits per heavy atom. The molecule has 0 radical (unpaired) electrons. The molecule has 0 aliphatic carbocycles. The number of hydrogen-bond acceptors (Lipinski definition) is 7. The molecule has 2 rings (SSSR count). The van der Waals surface area contributed by atoms with E-state index in [-0.39, 0.29) is 22.2 Å². The number of hydrogen-bond donors (Lipinski definition) is 1. The van der Waals surface area contributed by atoms with Gasteiger partial charge in [0.15, 0.2) is 4.34 Å². The van der Waals surface area contributed by atoms with Crippen LogP contribution in [-0.4, -0.2) is 42.6 Å². The minimum absolute atomic E-state index is 0.221. The second-order valence-electron chi connectivity index (χ2n) is 5.82. The lowest BCUT2D eigenvalue weighted by atomic mass is 10.2. The topological polar surface area (TPSA) is 92.3 Å². The molecule has 0 spiro atoms. The van der Waals surface area contributed by atoms with Crippen LogP contribution < -0.4 is 9.62 Å². The van der Waals surface area contributed by atoms with Gasteiger partial charge in [-0.3, -0.25) is 14.4 Å². The minimum atomic E-state index is -3.79. The molecule has 7 nitrogen and oxygen atoms in total. The van der Waals surface area contributed by atoms with Crippen LogP contribution in [0, 0.1) is 0 Å². The fraction of sp³-hybridized carbons (Fsp3) is 0.438. The number of amides is 1. The summed E-state index contributed by atoms with van der Waals surface area (Å²) in [6.45, 7) is 3.78. The molecule has 12 heteroatoms. The van der Waals surface area contributed by atoms with Gasteiger partial charge in [0, 0.05) is 15.8 Å². The summed E-state index contributed by atoms with van der Waals surface area (Å²) in [5, 5.41) is 11.5. The molecule has 0 saturated heterocycles. The first-order valence-corrected chi connectivity index (χ1v) is 12.8. The number of halogens is 2. The molecule has 0 bridgehead atoms. The van der Waals surface area contributed by atoms with E-state index in [1.165, 1.54) is 29.5 Å². The molecular formula is C16H20Cl2N4O3S3. The predicted molar refractivity (Wildman–Crippen MR) is 117 cm³/mol.